The molecule has 3 rings (SSSR count). The Kier molecular flexibility index (Phi) is 5.20. The topological polar surface area (TPSA) is 51.2 Å². The number of aromatic nitrogens is 1. The zero-order valence-corrected chi connectivity index (χ0v) is 16.0. The molecule has 0 bridgehead atoms. The number of hydrogen-bond donors (Lipinski definition) is 1. The number of hydrogen-bond acceptors (Lipinski definition) is 5. The number of carbonyl (C=O) groups excluding carboxylic acids is 1. The van der Waals surface area contributed by atoms with E-state index in [-0.39, 0.29) is 5.91 Å². The normalized spacial score (nSPS) is 11.3. The SMILES string of the molecule is CCOc1ccccc1-c1csc(NC(=O)C(C)(C)c2cccs2)n1. The maximum Gasteiger partial charge on any atom is 0.237 e. The van der Waals surface area contributed by atoms with Gasteiger partial charge < -0.3 is 10.1 Å². The van der Waals surface area contributed by atoms with Gasteiger partial charge in [0.2, 0.25) is 5.91 Å². The first-order valence-corrected chi connectivity index (χ1v) is 9.81. The lowest BCUT2D eigenvalue weighted by Crippen LogP contribution is -2.33. The van der Waals surface area contributed by atoms with E-state index in [0.717, 1.165) is 21.9 Å². The van der Waals surface area contributed by atoms with E-state index in [2.05, 4.69) is 10.3 Å². The largest absolute Gasteiger partial charge is 0.493 e. The Morgan fingerprint density at radius 2 is 2.00 bits per heavy atom. The number of rotatable bonds is 6. The van der Waals surface area contributed by atoms with Gasteiger partial charge in [-0.25, -0.2) is 4.98 Å². The van der Waals surface area contributed by atoms with E-state index < -0.39 is 5.41 Å². The van der Waals surface area contributed by atoms with Crippen LogP contribution in [0.15, 0.2) is 47.2 Å². The van der Waals surface area contributed by atoms with Gasteiger partial charge in [-0.3, -0.25) is 4.79 Å². The summed E-state index contributed by atoms with van der Waals surface area (Å²) in [6, 6.07) is 11.7. The highest BCUT2D eigenvalue weighted by atomic mass is 32.1. The van der Waals surface area contributed by atoms with Gasteiger partial charge in [0.05, 0.1) is 17.7 Å². The fourth-order valence-corrected chi connectivity index (χ4v) is 3.97. The number of thiazole rings is 1. The molecule has 130 valence electrons. The Hall–Kier alpha value is -2.18. The van der Waals surface area contributed by atoms with E-state index in [4.69, 9.17) is 4.74 Å². The minimum Gasteiger partial charge on any atom is -0.493 e. The van der Waals surface area contributed by atoms with Crippen molar-refractivity contribution in [2.45, 2.75) is 26.2 Å². The molecule has 4 nitrogen and oxygen atoms in total. The third kappa shape index (κ3) is 3.75. The Labute approximate surface area is 155 Å². The minimum atomic E-state index is -0.594. The van der Waals surface area contributed by atoms with Crippen molar-refractivity contribution in [1.82, 2.24) is 4.98 Å². The maximum atomic E-state index is 12.7. The molecule has 1 N–H and O–H groups in total. The van der Waals surface area contributed by atoms with Gasteiger partial charge in [-0.15, -0.1) is 22.7 Å². The van der Waals surface area contributed by atoms with Crippen LogP contribution in [0, 0.1) is 0 Å². The Morgan fingerprint density at radius 1 is 1.20 bits per heavy atom. The molecule has 0 saturated carbocycles. The standard InChI is InChI=1S/C19H20N2O2S2/c1-4-23-15-9-6-5-8-13(15)14-12-25-18(20-14)21-17(22)19(2,3)16-10-7-11-24-16/h5-12H,4H2,1-3H3,(H,20,21,22). The predicted octanol–water partition coefficient (Wildman–Crippen LogP) is 5.19. The molecule has 0 spiro atoms. The monoisotopic (exact) mass is 372 g/mol. The van der Waals surface area contributed by atoms with Gasteiger partial charge in [-0.1, -0.05) is 18.2 Å². The summed E-state index contributed by atoms with van der Waals surface area (Å²) in [7, 11) is 0. The fraction of sp³-hybridized carbons (Fsp3) is 0.263. The second kappa shape index (κ2) is 7.37. The summed E-state index contributed by atoms with van der Waals surface area (Å²) in [4.78, 5) is 18.3. The second-order valence-electron chi connectivity index (χ2n) is 6.02. The first-order chi connectivity index (χ1) is 12.0. The molecule has 25 heavy (non-hydrogen) atoms. The van der Waals surface area contributed by atoms with Crippen molar-refractivity contribution < 1.29 is 9.53 Å². The van der Waals surface area contributed by atoms with Crippen molar-refractivity contribution in [2.75, 3.05) is 11.9 Å². The van der Waals surface area contributed by atoms with Crippen LogP contribution < -0.4 is 10.1 Å². The molecule has 0 fully saturated rings. The van der Waals surface area contributed by atoms with E-state index >= 15 is 0 Å². The lowest BCUT2D eigenvalue weighted by Gasteiger charge is -2.21. The van der Waals surface area contributed by atoms with Crippen molar-refractivity contribution in [3.8, 4) is 17.0 Å². The molecule has 0 radical (unpaired) electrons. The molecule has 0 aliphatic rings. The van der Waals surface area contributed by atoms with Crippen LogP contribution in [0.5, 0.6) is 5.75 Å². The number of benzene rings is 1. The van der Waals surface area contributed by atoms with E-state index in [1.807, 2.05) is 67.9 Å². The van der Waals surface area contributed by atoms with Crippen LogP contribution in [0.1, 0.15) is 25.6 Å². The Bertz CT molecular complexity index is 854. The van der Waals surface area contributed by atoms with Gasteiger partial charge in [0.1, 0.15) is 5.75 Å². The van der Waals surface area contributed by atoms with Crippen LogP contribution in [0.2, 0.25) is 0 Å². The zero-order chi connectivity index (χ0) is 17.9. The van der Waals surface area contributed by atoms with Crippen LogP contribution >= 0.6 is 22.7 Å². The molecule has 1 amide bonds. The summed E-state index contributed by atoms with van der Waals surface area (Å²) in [6.45, 7) is 6.40. The molecule has 0 unspecified atom stereocenters. The molecule has 0 atom stereocenters. The van der Waals surface area contributed by atoms with E-state index in [9.17, 15) is 4.79 Å². The lowest BCUT2D eigenvalue weighted by molar-refractivity contribution is -0.120. The Morgan fingerprint density at radius 3 is 2.72 bits per heavy atom. The number of anilines is 1. The fourth-order valence-electron chi connectivity index (χ4n) is 2.41. The molecular weight excluding hydrogens is 352 g/mol. The number of nitrogens with zero attached hydrogens (tertiary/aromatic N) is 1. The first kappa shape index (κ1) is 17.6. The van der Waals surface area contributed by atoms with Crippen molar-refractivity contribution in [3.63, 3.8) is 0 Å². The number of carbonyl (C=O) groups is 1. The maximum absolute atomic E-state index is 12.7. The smallest absolute Gasteiger partial charge is 0.237 e. The van der Waals surface area contributed by atoms with Gasteiger partial charge in [-0.2, -0.15) is 0 Å². The van der Waals surface area contributed by atoms with Gasteiger partial charge in [0.15, 0.2) is 5.13 Å². The molecule has 6 heteroatoms. The quantitative estimate of drug-likeness (QED) is 0.648. The molecule has 1 aromatic carbocycles. The van der Waals surface area contributed by atoms with Crippen molar-refractivity contribution in [3.05, 3.63) is 52.0 Å². The van der Waals surface area contributed by atoms with Crippen molar-refractivity contribution in [1.29, 1.82) is 0 Å². The third-order valence-electron chi connectivity index (χ3n) is 3.89. The Balaban J connectivity index is 1.80. The lowest BCUT2D eigenvalue weighted by atomic mass is 9.90. The summed E-state index contributed by atoms with van der Waals surface area (Å²) in [5.74, 6) is 0.737. The summed E-state index contributed by atoms with van der Waals surface area (Å²) in [5, 5.41) is 7.46. The van der Waals surface area contributed by atoms with E-state index in [1.54, 1.807) is 11.3 Å². The molecule has 0 aliphatic carbocycles. The highest BCUT2D eigenvalue weighted by molar-refractivity contribution is 7.14. The molecule has 0 saturated heterocycles. The van der Waals surface area contributed by atoms with Crippen molar-refractivity contribution in [2.24, 2.45) is 0 Å². The number of thiophene rings is 1. The van der Waals surface area contributed by atoms with Crippen LogP contribution in [0.4, 0.5) is 5.13 Å². The summed E-state index contributed by atoms with van der Waals surface area (Å²) >= 11 is 3.00. The number of nitrogens with one attached hydrogen (secondary N) is 1. The van der Waals surface area contributed by atoms with Gasteiger partial charge in [0, 0.05) is 15.8 Å². The second-order valence-corrected chi connectivity index (χ2v) is 7.83. The molecule has 2 heterocycles. The third-order valence-corrected chi connectivity index (χ3v) is 5.84. The minimum absolute atomic E-state index is 0.0612. The molecule has 2 aromatic heterocycles. The van der Waals surface area contributed by atoms with Gasteiger partial charge in [0.25, 0.3) is 0 Å². The molecule has 3 aromatic rings. The average Bonchev–Trinajstić information content (AvgIpc) is 3.27. The zero-order valence-electron chi connectivity index (χ0n) is 14.4. The number of amides is 1. The number of para-hydroxylation sites is 1. The van der Waals surface area contributed by atoms with E-state index in [1.165, 1.54) is 11.3 Å². The average molecular weight is 373 g/mol. The van der Waals surface area contributed by atoms with Crippen LogP contribution in [-0.4, -0.2) is 17.5 Å². The van der Waals surface area contributed by atoms with Gasteiger partial charge in [-0.05, 0) is 44.4 Å². The predicted molar refractivity (Wildman–Crippen MR) is 105 cm³/mol. The summed E-state index contributed by atoms with van der Waals surface area (Å²) < 4.78 is 5.66. The highest BCUT2D eigenvalue weighted by Gasteiger charge is 2.31. The first-order valence-electron chi connectivity index (χ1n) is 8.05. The van der Waals surface area contributed by atoms with E-state index in [0.29, 0.717) is 11.7 Å². The van der Waals surface area contributed by atoms with Gasteiger partial charge >= 0.3 is 0 Å². The van der Waals surface area contributed by atoms with Crippen LogP contribution in [-0.2, 0) is 10.2 Å². The molecule has 0 aliphatic heterocycles. The molecular formula is C19H20N2O2S2. The van der Waals surface area contributed by atoms with Crippen molar-refractivity contribution >= 4 is 33.7 Å². The highest BCUT2D eigenvalue weighted by Crippen LogP contribution is 2.33. The van der Waals surface area contributed by atoms with Crippen LogP contribution in [0.25, 0.3) is 11.3 Å². The summed E-state index contributed by atoms with van der Waals surface area (Å²) in [5.41, 5.74) is 1.14. The summed E-state index contributed by atoms with van der Waals surface area (Å²) in [6.07, 6.45) is 0. The number of ether oxygens (including phenoxy) is 1. The van der Waals surface area contributed by atoms with Crippen LogP contribution in [0.3, 0.4) is 0 Å².